The Morgan fingerprint density at radius 3 is 2.29 bits per heavy atom. The maximum atomic E-state index is 13.0. The lowest BCUT2D eigenvalue weighted by atomic mass is 10.2. The van der Waals surface area contributed by atoms with Gasteiger partial charge in [0, 0.05) is 12.1 Å². The molecule has 2 fully saturated rings. The Morgan fingerprint density at radius 2 is 1.71 bits per heavy atom. The van der Waals surface area contributed by atoms with E-state index in [1.807, 2.05) is 0 Å². The number of hydrogen-bond donors (Lipinski definition) is 1. The van der Waals surface area contributed by atoms with Crippen molar-refractivity contribution in [1.29, 1.82) is 0 Å². The van der Waals surface area contributed by atoms with Crippen LogP contribution in [-0.2, 0) is 19.7 Å². The molecule has 0 aromatic heterocycles. The van der Waals surface area contributed by atoms with Gasteiger partial charge in [0.15, 0.2) is 19.7 Å². The van der Waals surface area contributed by atoms with Crippen molar-refractivity contribution in [3.63, 3.8) is 0 Å². The molecule has 2 aliphatic rings. The van der Waals surface area contributed by atoms with Gasteiger partial charge in [-0.15, -0.1) is 0 Å². The Bertz CT molecular complexity index is 780. The van der Waals surface area contributed by atoms with Crippen molar-refractivity contribution in [2.75, 3.05) is 18.6 Å². The first-order valence-corrected chi connectivity index (χ1v) is 11.5. The van der Waals surface area contributed by atoms with Crippen LogP contribution in [-0.4, -0.2) is 52.8 Å². The molecule has 0 spiro atoms. The predicted octanol–water partition coefficient (Wildman–Crippen LogP) is 1.17. The number of ether oxygens (including phenoxy) is 1. The Kier molecular flexibility index (Phi) is 4.90. The molecule has 1 saturated carbocycles. The predicted molar refractivity (Wildman–Crippen MR) is 91.8 cm³/mol. The van der Waals surface area contributed by atoms with Crippen LogP contribution in [0.15, 0.2) is 29.2 Å². The van der Waals surface area contributed by atoms with Crippen LogP contribution in [0, 0.1) is 0 Å². The van der Waals surface area contributed by atoms with Gasteiger partial charge in [-0.05, 0) is 37.1 Å². The van der Waals surface area contributed by atoms with Crippen LogP contribution in [0.3, 0.4) is 0 Å². The lowest BCUT2D eigenvalue weighted by molar-refractivity contribution is 0.414. The molecule has 24 heavy (non-hydrogen) atoms. The molecule has 0 amide bonds. The molecule has 134 valence electrons. The van der Waals surface area contributed by atoms with E-state index >= 15 is 0 Å². The van der Waals surface area contributed by atoms with Crippen LogP contribution >= 0.6 is 0 Å². The second kappa shape index (κ2) is 6.65. The molecular formula is C16H23NO5S2. The van der Waals surface area contributed by atoms with E-state index < -0.39 is 31.0 Å². The summed E-state index contributed by atoms with van der Waals surface area (Å²) in [7, 11) is -5.57. The van der Waals surface area contributed by atoms with Crippen LogP contribution in [0.25, 0.3) is 0 Å². The van der Waals surface area contributed by atoms with Gasteiger partial charge in [0.25, 0.3) is 0 Å². The number of nitrogens with one attached hydrogen (secondary N) is 1. The monoisotopic (exact) mass is 373 g/mol. The molecular weight excluding hydrogens is 350 g/mol. The van der Waals surface area contributed by atoms with Crippen molar-refractivity contribution < 1.29 is 21.6 Å². The molecule has 8 heteroatoms. The van der Waals surface area contributed by atoms with E-state index in [1.54, 1.807) is 12.1 Å². The number of methoxy groups -OCH3 is 1. The Balaban J connectivity index is 1.87. The quantitative estimate of drug-likeness (QED) is 0.833. The van der Waals surface area contributed by atoms with Crippen LogP contribution in [0.1, 0.15) is 25.7 Å². The van der Waals surface area contributed by atoms with E-state index in [1.165, 1.54) is 19.2 Å². The highest BCUT2D eigenvalue weighted by molar-refractivity contribution is 7.96. The first kappa shape index (κ1) is 17.7. The number of hydrogen-bond acceptors (Lipinski definition) is 6. The third-order valence-electron chi connectivity index (χ3n) is 4.89. The molecule has 0 radical (unpaired) electrons. The summed E-state index contributed by atoms with van der Waals surface area (Å²) in [5, 5.41) is 2.37. The lowest BCUT2D eigenvalue weighted by Crippen LogP contribution is -2.47. The first-order valence-electron chi connectivity index (χ1n) is 8.16. The largest absolute Gasteiger partial charge is 0.497 e. The zero-order valence-corrected chi connectivity index (χ0v) is 15.3. The fourth-order valence-electron chi connectivity index (χ4n) is 3.61. The molecule has 0 bridgehead atoms. The molecule has 1 aliphatic carbocycles. The third-order valence-corrected chi connectivity index (χ3v) is 9.06. The minimum Gasteiger partial charge on any atom is -0.497 e. The van der Waals surface area contributed by atoms with Crippen molar-refractivity contribution in [2.24, 2.45) is 0 Å². The van der Waals surface area contributed by atoms with E-state index in [4.69, 9.17) is 4.74 Å². The summed E-state index contributed by atoms with van der Waals surface area (Å²) in [6.07, 6.45) is 4.16. The average molecular weight is 373 g/mol. The smallest absolute Gasteiger partial charge is 0.183 e. The summed E-state index contributed by atoms with van der Waals surface area (Å²) in [5.41, 5.74) is 0. The summed E-state index contributed by atoms with van der Waals surface area (Å²) in [6.45, 7) is 0. The number of rotatable bonds is 5. The topological polar surface area (TPSA) is 89.5 Å². The molecule has 0 unspecified atom stereocenters. The van der Waals surface area contributed by atoms with E-state index in [-0.39, 0.29) is 22.4 Å². The molecule has 1 aliphatic heterocycles. The fourth-order valence-corrected chi connectivity index (χ4v) is 8.29. The van der Waals surface area contributed by atoms with Crippen molar-refractivity contribution in [1.82, 2.24) is 5.32 Å². The van der Waals surface area contributed by atoms with Gasteiger partial charge in [0.05, 0.1) is 28.8 Å². The second-order valence-corrected chi connectivity index (χ2v) is 10.9. The fraction of sp³-hybridized carbons (Fsp3) is 0.625. The Labute approximate surface area is 143 Å². The highest BCUT2D eigenvalue weighted by Gasteiger charge is 2.46. The van der Waals surface area contributed by atoms with Crippen molar-refractivity contribution in [3.05, 3.63) is 24.3 Å². The van der Waals surface area contributed by atoms with E-state index in [0.717, 1.165) is 25.7 Å². The summed E-state index contributed by atoms with van der Waals surface area (Å²) in [4.78, 5) is 0.142. The van der Waals surface area contributed by atoms with E-state index in [0.29, 0.717) is 5.75 Å². The molecule has 1 N–H and O–H groups in total. The van der Waals surface area contributed by atoms with Crippen LogP contribution < -0.4 is 10.1 Å². The highest BCUT2D eigenvalue weighted by Crippen LogP contribution is 2.29. The highest BCUT2D eigenvalue weighted by atomic mass is 32.2. The maximum absolute atomic E-state index is 13.0. The molecule has 1 aromatic carbocycles. The van der Waals surface area contributed by atoms with Gasteiger partial charge in [-0.3, -0.25) is 0 Å². The van der Waals surface area contributed by atoms with Gasteiger partial charge in [0.2, 0.25) is 0 Å². The molecule has 1 heterocycles. The maximum Gasteiger partial charge on any atom is 0.183 e. The SMILES string of the molecule is COc1ccc(S(=O)(=O)[C@@H]2CS(=O)(=O)C[C@H]2NC2CCCC2)cc1. The van der Waals surface area contributed by atoms with Gasteiger partial charge < -0.3 is 10.1 Å². The Hall–Kier alpha value is -1.12. The average Bonchev–Trinajstić information content (AvgIpc) is 3.15. The van der Waals surface area contributed by atoms with Gasteiger partial charge in [-0.2, -0.15) is 0 Å². The molecule has 1 saturated heterocycles. The molecule has 2 atom stereocenters. The zero-order chi connectivity index (χ0) is 17.4. The van der Waals surface area contributed by atoms with Gasteiger partial charge in [-0.25, -0.2) is 16.8 Å². The molecule has 6 nitrogen and oxygen atoms in total. The normalized spacial score (nSPS) is 27.4. The van der Waals surface area contributed by atoms with E-state index in [2.05, 4.69) is 5.32 Å². The minimum absolute atomic E-state index is 0.108. The minimum atomic E-state index is -3.72. The van der Waals surface area contributed by atoms with Gasteiger partial charge in [0.1, 0.15) is 5.75 Å². The van der Waals surface area contributed by atoms with Crippen molar-refractivity contribution in [2.45, 2.75) is 47.9 Å². The summed E-state index contributed by atoms with van der Waals surface area (Å²) < 4.78 is 55.1. The van der Waals surface area contributed by atoms with Crippen molar-refractivity contribution >= 4 is 19.7 Å². The Morgan fingerprint density at radius 1 is 1.08 bits per heavy atom. The number of benzene rings is 1. The number of sulfone groups is 2. The standard InChI is InChI=1S/C16H23NO5S2/c1-22-13-6-8-14(9-7-13)24(20,21)16-11-23(18,19)10-15(16)17-12-4-2-3-5-12/h6-9,12,15-17H,2-5,10-11H2,1H3/t15-,16-/m1/s1. The summed E-state index contributed by atoms with van der Waals surface area (Å²) in [6, 6.07) is 5.80. The van der Waals surface area contributed by atoms with Gasteiger partial charge >= 0.3 is 0 Å². The lowest BCUT2D eigenvalue weighted by Gasteiger charge is -2.23. The van der Waals surface area contributed by atoms with Crippen LogP contribution in [0.5, 0.6) is 5.75 Å². The summed E-state index contributed by atoms with van der Waals surface area (Å²) >= 11 is 0. The summed E-state index contributed by atoms with van der Waals surface area (Å²) in [5.74, 6) is 0.142. The molecule has 1 aromatic rings. The van der Waals surface area contributed by atoms with Gasteiger partial charge in [-0.1, -0.05) is 12.8 Å². The molecule has 3 rings (SSSR count). The zero-order valence-electron chi connectivity index (χ0n) is 13.6. The van der Waals surface area contributed by atoms with Crippen LogP contribution in [0.2, 0.25) is 0 Å². The first-order chi connectivity index (χ1) is 11.3. The second-order valence-electron chi connectivity index (χ2n) is 6.59. The van der Waals surface area contributed by atoms with E-state index in [9.17, 15) is 16.8 Å². The van der Waals surface area contributed by atoms with Crippen molar-refractivity contribution in [3.8, 4) is 5.75 Å². The van der Waals surface area contributed by atoms with Crippen LogP contribution in [0.4, 0.5) is 0 Å². The third kappa shape index (κ3) is 3.60.